The minimum Gasteiger partial charge on any atom is -0.355 e. The number of carbonyl (C=O) groups excluding carboxylic acids is 1. The fraction of sp³-hybridized carbons (Fsp3) is 0.381. The molecule has 1 heterocycles. The number of halogens is 1. The SMILES string of the molecule is CCc1ccc(NC(=O)[C@@H](C)[NH+]2CCN(c3ccc(Cl)cc3[N+](=O)[O-])CC2)cc1. The standard InChI is InChI=1S/C21H25ClN4O3/c1-3-16-4-7-18(8-5-16)23-21(27)15(2)24-10-12-25(13-11-24)19-9-6-17(22)14-20(19)26(28)29/h4-9,14-15H,3,10-13H2,1-2H3,(H,23,27)/p+1/t15-/m1/s1. The van der Waals surface area contributed by atoms with Crippen LogP contribution in [0.25, 0.3) is 0 Å². The van der Waals surface area contributed by atoms with E-state index in [1.54, 1.807) is 12.1 Å². The van der Waals surface area contributed by atoms with Crippen molar-refractivity contribution in [3.05, 3.63) is 63.2 Å². The molecule has 1 aliphatic rings. The number of amides is 1. The second-order valence-corrected chi connectivity index (χ2v) is 7.73. The molecule has 8 heteroatoms. The van der Waals surface area contributed by atoms with Gasteiger partial charge in [-0.1, -0.05) is 30.7 Å². The zero-order valence-electron chi connectivity index (χ0n) is 16.7. The lowest BCUT2D eigenvalue weighted by Crippen LogP contribution is -3.19. The van der Waals surface area contributed by atoms with E-state index in [9.17, 15) is 14.9 Å². The van der Waals surface area contributed by atoms with Gasteiger partial charge in [0.15, 0.2) is 6.04 Å². The summed E-state index contributed by atoms with van der Waals surface area (Å²) in [6.07, 6.45) is 0.963. The lowest BCUT2D eigenvalue weighted by molar-refractivity contribution is -0.914. The highest BCUT2D eigenvalue weighted by atomic mass is 35.5. The molecule has 3 rings (SSSR count). The van der Waals surface area contributed by atoms with Crippen molar-refractivity contribution in [3.8, 4) is 0 Å². The van der Waals surface area contributed by atoms with Crippen LogP contribution in [0.3, 0.4) is 0 Å². The molecule has 0 aliphatic carbocycles. The van der Waals surface area contributed by atoms with Crippen molar-refractivity contribution in [3.63, 3.8) is 0 Å². The number of benzene rings is 2. The largest absolute Gasteiger partial charge is 0.355 e. The van der Waals surface area contributed by atoms with Crippen LogP contribution in [0.1, 0.15) is 19.4 Å². The first kappa shape index (κ1) is 21.1. The summed E-state index contributed by atoms with van der Waals surface area (Å²) in [6.45, 7) is 6.75. The highest BCUT2D eigenvalue weighted by Crippen LogP contribution is 2.30. The van der Waals surface area contributed by atoms with E-state index in [2.05, 4.69) is 12.2 Å². The van der Waals surface area contributed by atoms with Crippen LogP contribution in [0.15, 0.2) is 42.5 Å². The fourth-order valence-electron chi connectivity index (χ4n) is 3.64. The summed E-state index contributed by atoms with van der Waals surface area (Å²) in [5.74, 6) is -0.0184. The number of nitro groups is 1. The summed E-state index contributed by atoms with van der Waals surface area (Å²) in [6, 6.07) is 12.4. The zero-order chi connectivity index (χ0) is 21.0. The number of nitro benzene ring substituents is 1. The molecule has 1 amide bonds. The van der Waals surface area contributed by atoms with Crippen molar-refractivity contribution in [1.29, 1.82) is 0 Å². The van der Waals surface area contributed by atoms with Gasteiger partial charge in [0.05, 0.1) is 31.1 Å². The van der Waals surface area contributed by atoms with Gasteiger partial charge in [-0.05, 0) is 43.2 Å². The molecule has 0 radical (unpaired) electrons. The van der Waals surface area contributed by atoms with Gasteiger partial charge in [-0.3, -0.25) is 14.9 Å². The monoisotopic (exact) mass is 417 g/mol. The lowest BCUT2D eigenvalue weighted by atomic mass is 10.1. The number of nitrogens with one attached hydrogen (secondary N) is 2. The Morgan fingerprint density at radius 1 is 1.24 bits per heavy atom. The molecule has 0 spiro atoms. The molecule has 29 heavy (non-hydrogen) atoms. The van der Waals surface area contributed by atoms with Gasteiger partial charge in [-0.15, -0.1) is 0 Å². The summed E-state index contributed by atoms with van der Waals surface area (Å²) in [4.78, 5) is 26.8. The van der Waals surface area contributed by atoms with Gasteiger partial charge in [-0.25, -0.2) is 0 Å². The van der Waals surface area contributed by atoms with Crippen LogP contribution >= 0.6 is 11.6 Å². The van der Waals surface area contributed by atoms with Gasteiger partial charge in [0.1, 0.15) is 5.69 Å². The molecule has 7 nitrogen and oxygen atoms in total. The minimum absolute atomic E-state index is 0.0160. The Morgan fingerprint density at radius 2 is 1.90 bits per heavy atom. The number of nitrogens with zero attached hydrogens (tertiary/aromatic N) is 2. The van der Waals surface area contributed by atoms with Crippen molar-refractivity contribution in [2.75, 3.05) is 36.4 Å². The summed E-state index contributed by atoms with van der Waals surface area (Å²) >= 11 is 5.91. The lowest BCUT2D eigenvalue weighted by Gasteiger charge is -2.35. The van der Waals surface area contributed by atoms with Gasteiger partial charge in [-0.2, -0.15) is 0 Å². The molecular weight excluding hydrogens is 392 g/mol. The first-order valence-corrected chi connectivity index (χ1v) is 10.2. The van der Waals surface area contributed by atoms with Gasteiger partial charge >= 0.3 is 0 Å². The molecule has 154 valence electrons. The normalized spacial score (nSPS) is 15.8. The number of hydrogen-bond donors (Lipinski definition) is 2. The quantitative estimate of drug-likeness (QED) is 0.559. The highest BCUT2D eigenvalue weighted by molar-refractivity contribution is 6.30. The van der Waals surface area contributed by atoms with Crippen LogP contribution in [0, 0.1) is 10.1 Å². The van der Waals surface area contributed by atoms with E-state index in [0.717, 1.165) is 25.2 Å². The van der Waals surface area contributed by atoms with Crippen molar-refractivity contribution in [2.45, 2.75) is 26.3 Å². The number of aryl methyl sites for hydroxylation is 1. The summed E-state index contributed by atoms with van der Waals surface area (Å²) in [5, 5.41) is 14.7. The van der Waals surface area contributed by atoms with Crippen molar-refractivity contribution in [1.82, 2.24) is 0 Å². The second kappa shape index (κ2) is 9.24. The molecule has 2 aromatic rings. The van der Waals surface area contributed by atoms with Gasteiger partial charge in [0.2, 0.25) is 0 Å². The van der Waals surface area contributed by atoms with Crippen LogP contribution in [-0.4, -0.2) is 43.1 Å². The number of anilines is 2. The average molecular weight is 418 g/mol. The van der Waals surface area contributed by atoms with Crippen LogP contribution in [-0.2, 0) is 11.2 Å². The Labute approximate surface area is 175 Å². The minimum atomic E-state index is -0.402. The van der Waals surface area contributed by atoms with Crippen molar-refractivity contribution < 1.29 is 14.6 Å². The summed E-state index contributed by atoms with van der Waals surface area (Å²) in [7, 11) is 0. The zero-order valence-corrected chi connectivity index (χ0v) is 17.4. The van der Waals surface area contributed by atoms with Crippen LogP contribution in [0.4, 0.5) is 17.1 Å². The number of rotatable bonds is 6. The molecule has 0 unspecified atom stereocenters. The molecule has 0 aromatic heterocycles. The van der Waals surface area contributed by atoms with Gasteiger partial charge in [0.25, 0.3) is 11.6 Å². The van der Waals surface area contributed by atoms with E-state index in [1.165, 1.54) is 16.5 Å². The van der Waals surface area contributed by atoms with E-state index in [-0.39, 0.29) is 17.6 Å². The first-order valence-electron chi connectivity index (χ1n) is 9.82. The van der Waals surface area contributed by atoms with Crippen molar-refractivity contribution >= 4 is 34.6 Å². The Morgan fingerprint density at radius 3 is 2.48 bits per heavy atom. The van der Waals surface area contributed by atoms with Crippen LogP contribution in [0.2, 0.25) is 5.02 Å². The third-order valence-electron chi connectivity index (χ3n) is 5.52. The molecule has 0 saturated carbocycles. The Hall–Kier alpha value is -2.64. The third-order valence-corrected chi connectivity index (χ3v) is 5.75. The van der Waals surface area contributed by atoms with Gasteiger partial charge in [0, 0.05) is 16.8 Å². The molecule has 0 bridgehead atoms. The maximum atomic E-state index is 12.6. The summed E-state index contributed by atoms with van der Waals surface area (Å²) < 4.78 is 0. The number of piperazine rings is 1. The van der Waals surface area contributed by atoms with E-state index in [4.69, 9.17) is 11.6 Å². The maximum absolute atomic E-state index is 12.6. The van der Waals surface area contributed by atoms with Gasteiger partial charge < -0.3 is 15.1 Å². The molecule has 1 fully saturated rings. The maximum Gasteiger partial charge on any atom is 0.294 e. The number of hydrogen-bond acceptors (Lipinski definition) is 4. The summed E-state index contributed by atoms with van der Waals surface area (Å²) in [5.41, 5.74) is 2.62. The molecule has 1 aliphatic heterocycles. The van der Waals surface area contributed by atoms with E-state index in [0.29, 0.717) is 23.8 Å². The van der Waals surface area contributed by atoms with E-state index < -0.39 is 4.92 Å². The molecular formula is C21H26ClN4O3+. The van der Waals surface area contributed by atoms with Crippen molar-refractivity contribution in [2.24, 2.45) is 0 Å². The van der Waals surface area contributed by atoms with Crippen LogP contribution in [0.5, 0.6) is 0 Å². The smallest absolute Gasteiger partial charge is 0.294 e. The first-order chi connectivity index (χ1) is 13.9. The average Bonchev–Trinajstić information content (AvgIpc) is 2.73. The number of carbonyl (C=O) groups is 1. The Kier molecular flexibility index (Phi) is 6.71. The highest BCUT2D eigenvalue weighted by Gasteiger charge is 2.31. The Balaban J connectivity index is 1.60. The predicted octanol–water partition coefficient (Wildman–Crippen LogP) is 2.54. The topological polar surface area (TPSA) is 79.9 Å². The Bertz CT molecular complexity index is 880. The molecule has 1 atom stereocenters. The fourth-order valence-corrected chi connectivity index (χ4v) is 3.80. The third kappa shape index (κ3) is 5.05. The number of quaternary nitrogens is 1. The molecule has 2 N–H and O–H groups in total. The molecule has 2 aromatic carbocycles. The molecule has 1 saturated heterocycles. The predicted molar refractivity (Wildman–Crippen MR) is 115 cm³/mol. The second-order valence-electron chi connectivity index (χ2n) is 7.30. The van der Waals surface area contributed by atoms with Crippen LogP contribution < -0.4 is 15.1 Å². The van der Waals surface area contributed by atoms with E-state index in [1.807, 2.05) is 36.1 Å². The van der Waals surface area contributed by atoms with E-state index >= 15 is 0 Å².